The topological polar surface area (TPSA) is 99.6 Å². The van der Waals surface area contributed by atoms with Crippen LogP contribution in [0.5, 0.6) is 0 Å². The van der Waals surface area contributed by atoms with E-state index in [4.69, 9.17) is 5.73 Å². The Kier molecular flexibility index (Phi) is 2.90. The molecule has 0 atom stereocenters. The molecule has 0 fully saturated rings. The number of benzene rings is 1. The largest absolute Gasteiger partial charge is 0.399 e. The second kappa shape index (κ2) is 4.73. The fraction of sp³-hybridized carbons (Fsp3) is 0.143. The number of aryl methyl sites for hydroxylation is 1. The number of anilines is 2. The van der Waals surface area contributed by atoms with E-state index in [2.05, 4.69) is 20.5 Å². The van der Waals surface area contributed by atoms with Crippen molar-refractivity contribution < 1.29 is 4.79 Å². The average molecular weight is 269 g/mol. The van der Waals surface area contributed by atoms with Crippen molar-refractivity contribution in [2.45, 2.75) is 13.3 Å². The van der Waals surface area contributed by atoms with Crippen molar-refractivity contribution in [1.29, 1.82) is 0 Å². The van der Waals surface area contributed by atoms with E-state index in [9.17, 15) is 4.79 Å². The predicted molar refractivity (Wildman–Crippen MR) is 78.6 cm³/mol. The fourth-order valence-electron chi connectivity index (χ4n) is 2.20. The van der Waals surface area contributed by atoms with Crippen LogP contribution in [0.3, 0.4) is 0 Å². The summed E-state index contributed by atoms with van der Waals surface area (Å²) in [6, 6.07) is 5.42. The molecule has 20 heavy (non-hydrogen) atoms. The quantitative estimate of drug-likeness (QED) is 0.549. The number of nitrogens with two attached hydrogens (primary N) is 1. The van der Waals surface area contributed by atoms with E-state index in [-0.39, 0.29) is 5.91 Å². The number of H-pyrrole nitrogens is 2. The molecular formula is C14H15N5O. The van der Waals surface area contributed by atoms with Crippen LogP contribution < -0.4 is 11.1 Å². The Morgan fingerprint density at radius 2 is 2.30 bits per heavy atom. The van der Waals surface area contributed by atoms with Gasteiger partial charge in [0.1, 0.15) is 5.82 Å². The van der Waals surface area contributed by atoms with Crippen LogP contribution in [-0.4, -0.2) is 21.1 Å². The lowest BCUT2D eigenvalue weighted by molar-refractivity contribution is 0.102. The molecule has 3 rings (SSSR count). The third kappa shape index (κ3) is 2.01. The summed E-state index contributed by atoms with van der Waals surface area (Å²) < 4.78 is 0. The smallest absolute Gasteiger partial charge is 0.258 e. The summed E-state index contributed by atoms with van der Waals surface area (Å²) in [7, 11) is 0. The van der Waals surface area contributed by atoms with Crippen molar-refractivity contribution in [3.63, 3.8) is 0 Å². The number of rotatable bonds is 3. The number of fused-ring (bicyclic) bond motifs is 1. The number of nitrogens with zero attached hydrogens (tertiary/aromatic N) is 1. The minimum atomic E-state index is -0.181. The molecule has 0 saturated carbocycles. The molecule has 0 bridgehead atoms. The van der Waals surface area contributed by atoms with Gasteiger partial charge >= 0.3 is 0 Å². The van der Waals surface area contributed by atoms with E-state index in [1.165, 1.54) is 0 Å². The second-order valence-electron chi connectivity index (χ2n) is 4.59. The number of carbonyl (C=O) groups is 1. The van der Waals surface area contributed by atoms with Gasteiger partial charge in [-0.3, -0.25) is 9.89 Å². The zero-order valence-electron chi connectivity index (χ0n) is 11.0. The molecule has 0 spiro atoms. The highest BCUT2D eigenvalue weighted by molar-refractivity contribution is 6.12. The van der Waals surface area contributed by atoms with Crippen molar-refractivity contribution in [2.75, 3.05) is 11.1 Å². The number of amides is 1. The van der Waals surface area contributed by atoms with Crippen molar-refractivity contribution in [3.8, 4) is 0 Å². The van der Waals surface area contributed by atoms with E-state index >= 15 is 0 Å². The molecule has 0 aliphatic rings. The summed E-state index contributed by atoms with van der Waals surface area (Å²) in [6.45, 7) is 2.01. The van der Waals surface area contributed by atoms with Gasteiger partial charge in [0.15, 0.2) is 0 Å². The van der Waals surface area contributed by atoms with Gasteiger partial charge in [0.25, 0.3) is 5.91 Å². The monoisotopic (exact) mass is 269 g/mol. The molecule has 0 aliphatic heterocycles. The first-order chi connectivity index (χ1) is 9.69. The summed E-state index contributed by atoms with van der Waals surface area (Å²) in [5.74, 6) is 0.460. The van der Waals surface area contributed by atoms with Crippen LogP contribution in [0.2, 0.25) is 0 Å². The van der Waals surface area contributed by atoms with Gasteiger partial charge in [-0.25, -0.2) is 0 Å². The van der Waals surface area contributed by atoms with Crippen molar-refractivity contribution in [2.24, 2.45) is 0 Å². The zero-order valence-corrected chi connectivity index (χ0v) is 11.0. The van der Waals surface area contributed by atoms with E-state index in [0.717, 1.165) is 22.9 Å². The average Bonchev–Trinajstić information content (AvgIpc) is 3.04. The number of hydrogen-bond acceptors (Lipinski definition) is 3. The summed E-state index contributed by atoms with van der Waals surface area (Å²) in [5.41, 5.74) is 8.78. The van der Waals surface area contributed by atoms with Crippen molar-refractivity contribution >= 4 is 28.3 Å². The van der Waals surface area contributed by atoms with Crippen molar-refractivity contribution in [1.82, 2.24) is 15.2 Å². The Hall–Kier alpha value is -2.76. The molecule has 102 valence electrons. The molecular weight excluding hydrogens is 254 g/mol. The number of hydrogen-bond donors (Lipinski definition) is 4. The Bertz CT molecular complexity index is 771. The minimum absolute atomic E-state index is 0.181. The molecule has 6 nitrogen and oxygen atoms in total. The van der Waals surface area contributed by atoms with Gasteiger partial charge in [-0.1, -0.05) is 6.92 Å². The first-order valence-electron chi connectivity index (χ1n) is 6.39. The Balaban J connectivity index is 1.93. The molecule has 0 aliphatic carbocycles. The zero-order chi connectivity index (χ0) is 14.1. The summed E-state index contributed by atoms with van der Waals surface area (Å²) in [4.78, 5) is 15.4. The van der Waals surface area contributed by atoms with Crippen LogP contribution in [-0.2, 0) is 6.42 Å². The maximum absolute atomic E-state index is 12.3. The number of carbonyl (C=O) groups excluding carboxylic acids is 1. The molecule has 3 aromatic rings. The van der Waals surface area contributed by atoms with Crippen LogP contribution in [0.4, 0.5) is 11.5 Å². The lowest BCUT2D eigenvalue weighted by Gasteiger charge is -2.04. The van der Waals surface area contributed by atoms with Crippen LogP contribution in [0.15, 0.2) is 30.6 Å². The first-order valence-corrected chi connectivity index (χ1v) is 6.39. The molecule has 6 heteroatoms. The Labute approximate surface area is 115 Å². The molecule has 1 amide bonds. The molecule has 0 radical (unpaired) electrons. The SMILES string of the molecule is CCc1cn[nH]c1NC(=O)c1c[nH]c2cc(N)ccc12. The lowest BCUT2D eigenvalue weighted by atomic mass is 10.1. The minimum Gasteiger partial charge on any atom is -0.399 e. The highest BCUT2D eigenvalue weighted by atomic mass is 16.1. The van der Waals surface area contributed by atoms with E-state index < -0.39 is 0 Å². The van der Waals surface area contributed by atoms with Gasteiger partial charge in [-0.15, -0.1) is 0 Å². The molecule has 0 unspecified atom stereocenters. The number of aromatic amines is 2. The maximum atomic E-state index is 12.3. The highest BCUT2D eigenvalue weighted by Gasteiger charge is 2.14. The van der Waals surface area contributed by atoms with Crippen molar-refractivity contribution in [3.05, 3.63) is 41.7 Å². The summed E-state index contributed by atoms with van der Waals surface area (Å²) >= 11 is 0. The van der Waals surface area contributed by atoms with Crippen LogP contribution in [0, 0.1) is 0 Å². The van der Waals surface area contributed by atoms with Crippen LogP contribution in [0.1, 0.15) is 22.8 Å². The predicted octanol–water partition coefficient (Wildman–Crippen LogP) is 2.29. The van der Waals surface area contributed by atoms with Gasteiger partial charge in [-0.05, 0) is 24.6 Å². The third-order valence-electron chi connectivity index (χ3n) is 3.29. The standard InChI is InChI=1S/C14H15N5O/c1-2-8-6-17-19-13(8)18-14(20)11-7-16-12-5-9(15)3-4-10(11)12/h3-7,16H,2,15H2,1H3,(H2,17,18,19,20). The van der Waals surface area contributed by atoms with Gasteiger partial charge in [0.05, 0.1) is 11.8 Å². The molecule has 0 saturated heterocycles. The maximum Gasteiger partial charge on any atom is 0.258 e. The third-order valence-corrected chi connectivity index (χ3v) is 3.29. The fourth-order valence-corrected chi connectivity index (χ4v) is 2.20. The lowest BCUT2D eigenvalue weighted by Crippen LogP contribution is -2.12. The van der Waals surface area contributed by atoms with E-state index in [1.54, 1.807) is 24.5 Å². The summed E-state index contributed by atoms with van der Waals surface area (Å²) in [5, 5.41) is 10.4. The molecule has 5 N–H and O–H groups in total. The molecule has 1 aromatic carbocycles. The first kappa shape index (κ1) is 12.3. The van der Waals surface area contributed by atoms with Gasteiger partial charge in [-0.2, -0.15) is 5.10 Å². The number of nitrogens with one attached hydrogen (secondary N) is 3. The molecule has 2 aromatic heterocycles. The number of aromatic nitrogens is 3. The Morgan fingerprint density at radius 3 is 3.10 bits per heavy atom. The van der Waals surface area contributed by atoms with E-state index in [0.29, 0.717) is 17.1 Å². The second-order valence-corrected chi connectivity index (χ2v) is 4.59. The molecule has 2 heterocycles. The van der Waals surface area contributed by atoms with Crippen LogP contribution >= 0.6 is 0 Å². The normalized spacial score (nSPS) is 10.8. The van der Waals surface area contributed by atoms with Gasteiger partial charge < -0.3 is 16.0 Å². The van der Waals surface area contributed by atoms with Gasteiger partial charge in [0.2, 0.25) is 0 Å². The van der Waals surface area contributed by atoms with Gasteiger partial charge in [0, 0.05) is 28.4 Å². The number of nitrogen functional groups attached to an aromatic ring is 1. The Morgan fingerprint density at radius 1 is 1.45 bits per heavy atom. The van der Waals surface area contributed by atoms with Crippen LogP contribution in [0.25, 0.3) is 10.9 Å². The summed E-state index contributed by atoms with van der Waals surface area (Å²) in [6.07, 6.45) is 4.20. The van der Waals surface area contributed by atoms with E-state index in [1.807, 2.05) is 13.0 Å². The highest BCUT2D eigenvalue weighted by Crippen LogP contribution is 2.22.